The molecule has 1 atom stereocenters. The average Bonchev–Trinajstić information content (AvgIpc) is 3.81. The van der Waals surface area contributed by atoms with E-state index in [4.69, 9.17) is 0 Å². The second-order valence-electron chi connectivity index (χ2n) is 10.7. The van der Waals surface area contributed by atoms with Gasteiger partial charge < -0.3 is 16.0 Å². The summed E-state index contributed by atoms with van der Waals surface area (Å²) < 4.78 is 27.7. The van der Waals surface area contributed by atoms with Crippen molar-refractivity contribution in [2.24, 2.45) is 11.8 Å². The summed E-state index contributed by atoms with van der Waals surface area (Å²) in [5.41, 5.74) is 2.68. The molecule has 2 heterocycles. The number of fused-ring (bicyclic) bond motifs is 1. The van der Waals surface area contributed by atoms with Crippen LogP contribution in [0.3, 0.4) is 0 Å². The van der Waals surface area contributed by atoms with Crippen LogP contribution < -0.4 is 20.7 Å². The second kappa shape index (κ2) is 10.3. The summed E-state index contributed by atoms with van der Waals surface area (Å²) in [6.45, 7) is 0.662. The first-order valence-corrected chi connectivity index (χ1v) is 15.9. The van der Waals surface area contributed by atoms with Gasteiger partial charge in [0, 0.05) is 29.1 Å². The van der Waals surface area contributed by atoms with Crippen LogP contribution >= 0.6 is 11.3 Å². The quantitative estimate of drug-likeness (QED) is 0.291. The fraction of sp³-hybridized carbons (Fsp3) is 0.462. The molecule has 13 heteroatoms. The van der Waals surface area contributed by atoms with E-state index in [1.807, 2.05) is 10.6 Å². The van der Waals surface area contributed by atoms with E-state index in [2.05, 4.69) is 30.9 Å². The smallest absolute Gasteiger partial charge is 0.254 e. The van der Waals surface area contributed by atoms with Crippen molar-refractivity contribution in [2.45, 2.75) is 51.0 Å². The molecule has 2 fully saturated rings. The molecule has 4 N–H and O–H groups in total. The Morgan fingerprint density at radius 3 is 2.67 bits per heavy atom. The number of amides is 2. The van der Waals surface area contributed by atoms with Gasteiger partial charge in [-0.15, -0.1) is 21.5 Å². The van der Waals surface area contributed by atoms with Crippen molar-refractivity contribution in [3.63, 3.8) is 0 Å². The number of rotatable bonds is 10. The lowest BCUT2D eigenvalue weighted by molar-refractivity contribution is -0.117. The molecule has 0 spiro atoms. The Balaban J connectivity index is 1.24. The minimum atomic E-state index is -3.40. The maximum absolute atomic E-state index is 13.4. The van der Waals surface area contributed by atoms with Crippen LogP contribution in [0.4, 0.5) is 22.3 Å². The molecule has 1 aromatic carbocycles. The first-order valence-electron chi connectivity index (χ1n) is 13.2. The number of nitrogens with one attached hydrogen (secondary N) is 4. The van der Waals surface area contributed by atoms with Crippen LogP contribution in [-0.2, 0) is 27.7 Å². The third-order valence-electron chi connectivity index (χ3n) is 7.28. The van der Waals surface area contributed by atoms with Gasteiger partial charge >= 0.3 is 0 Å². The Hall–Kier alpha value is -3.45. The minimum absolute atomic E-state index is 0.000668. The van der Waals surface area contributed by atoms with Crippen molar-refractivity contribution >= 4 is 55.5 Å². The maximum Gasteiger partial charge on any atom is 0.254 e. The molecule has 0 unspecified atom stereocenters. The molecule has 0 saturated heterocycles. The number of aryl methyl sites for hydroxylation is 1. The molecule has 2 amide bonds. The lowest BCUT2D eigenvalue weighted by Gasteiger charge is -2.25. The molecule has 0 radical (unpaired) electrons. The molecule has 2 saturated carbocycles. The van der Waals surface area contributed by atoms with Crippen LogP contribution in [0, 0.1) is 11.8 Å². The van der Waals surface area contributed by atoms with Gasteiger partial charge in [-0.3, -0.25) is 18.9 Å². The van der Waals surface area contributed by atoms with Gasteiger partial charge in [-0.1, -0.05) is 6.07 Å². The fourth-order valence-corrected chi connectivity index (χ4v) is 6.74. The molecule has 39 heavy (non-hydrogen) atoms. The Morgan fingerprint density at radius 2 is 1.92 bits per heavy atom. The zero-order valence-electron chi connectivity index (χ0n) is 21.6. The molecule has 3 aliphatic carbocycles. The van der Waals surface area contributed by atoms with Crippen LogP contribution in [-0.4, -0.2) is 47.8 Å². The van der Waals surface area contributed by atoms with Crippen LogP contribution in [0.25, 0.3) is 0 Å². The van der Waals surface area contributed by atoms with Crippen LogP contribution in [0.5, 0.6) is 0 Å². The van der Waals surface area contributed by atoms with Crippen LogP contribution in [0.1, 0.15) is 58.9 Å². The Labute approximate surface area is 230 Å². The van der Waals surface area contributed by atoms with Gasteiger partial charge in [-0.2, -0.15) is 0 Å². The van der Waals surface area contributed by atoms with Gasteiger partial charge in [0.05, 0.1) is 17.5 Å². The number of sulfonamides is 1. The molecule has 3 aliphatic rings. The van der Waals surface area contributed by atoms with E-state index in [0.717, 1.165) is 55.2 Å². The van der Waals surface area contributed by atoms with Gasteiger partial charge in [-0.05, 0) is 74.6 Å². The van der Waals surface area contributed by atoms with E-state index in [1.165, 1.54) is 11.3 Å². The normalized spacial score (nSPS) is 18.7. The van der Waals surface area contributed by atoms with Crippen molar-refractivity contribution in [2.75, 3.05) is 28.2 Å². The van der Waals surface area contributed by atoms with Crippen LogP contribution in [0.2, 0.25) is 0 Å². The summed E-state index contributed by atoms with van der Waals surface area (Å²) >= 11 is 1.52. The van der Waals surface area contributed by atoms with Crippen molar-refractivity contribution in [3.05, 3.63) is 46.6 Å². The van der Waals surface area contributed by atoms with Gasteiger partial charge in [0.25, 0.3) is 5.91 Å². The lowest BCUT2D eigenvalue weighted by Crippen LogP contribution is -2.28. The highest BCUT2D eigenvalue weighted by Crippen LogP contribution is 2.43. The topological polar surface area (TPSA) is 147 Å². The molecular formula is C26H31N7O4S2. The molecule has 2 aromatic heterocycles. The van der Waals surface area contributed by atoms with E-state index in [-0.39, 0.29) is 23.8 Å². The number of hydrogen-bond acceptors (Lipinski definition) is 8. The van der Waals surface area contributed by atoms with Crippen molar-refractivity contribution in [3.8, 4) is 0 Å². The van der Waals surface area contributed by atoms with E-state index < -0.39 is 10.0 Å². The zero-order valence-corrected chi connectivity index (χ0v) is 23.2. The van der Waals surface area contributed by atoms with Crippen molar-refractivity contribution in [1.29, 1.82) is 0 Å². The number of aromatic nitrogens is 3. The van der Waals surface area contributed by atoms with E-state index in [9.17, 15) is 18.0 Å². The Morgan fingerprint density at radius 1 is 1.13 bits per heavy atom. The summed E-state index contributed by atoms with van der Waals surface area (Å²) in [5.74, 6) is 1.01. The number of nitrogens with zero attached hydrogens (tertiary/aromatic N) is 3. The molecular weight excluding hydrogens is 538 g/mol. The predicted molar refractivity (Wildman–Crippen MR) is 150 cm³/mol. The van der Waals surface area contributed by atoms with Gasteiger partial charge in [0.1, 0.15) is 11.3 Å². The highest BCUT2D eigenvalue weighted by molar-refractivity contribution is 7.92. The summed E-state index contributed by atoms with van der Waals surface area (Å²) in [4.78, 5) is 27.1. The molecule has 11 nitrogen and oxygen atoms in total. The van der Waals surface area contributed by atoms with E-state index in [0.29, 0.717) is 46.8 Å². The number of carbonyl (C=O) groups excluding carboxylic acids is 2. The van der Waals surface area contributed by atoms with Crippen molar-refractivity contribution < 1.29 is 18.0 Å². The second-order valence-corrected chi connectivity index (χ2v) is 13.5. The maximum atomic E-state index is 13.4. The largest absolute Gasteiger partial charge is 0.352 e. The minimum Gasteiger partial charge on any atom is -0.352 e. The Kier molecular flexibility index (Phi) is 6.79. The monoisotopic (exact) mass is 569 g/mol. The summed E-state index contributed by atoms with van der Waals surface area (Å²) in [7, 11) is -3.40. The highest BCUT2D eigenvalue weighted by Gasteiger charge is 2.35. The lowest BCUT2D eigenvalue weighted by atomic mass is 9.91. The summed E-state index contributed by atoms with van der Waals surface area (Å²) in [6, 6.07) is 6.94. The van der Waals surface area contributed by atoms with Crippen LogP contribution in [0.15, 0.2) is 30.6 Å². The van der Waals surface area contributed by atoms with E-state index >= 15 is 0 Å². The zero-order chi connectivity index (χ0) is 27.1. The molecule has 6 rings (SSSR count). The first kappa shape index (κ1) is 25.8. The summed E-state index contributed by atoms with van der Waals surface area (Å²) in [5, 5.41) is 18.4. The number of hydrogen-bond donors (Lipinski definition) is 4. The SMILES string of the molecule is CS(=O)(=O)Nc1cccc(Nc2nncn2[C@H]2CCc3sc(NC(=O)C4CC4)c(C(=O)NCC4CC4)c3C2)c1. The fourth-order valence-electron chi connectivity index (χ4n) is 4.94. The highest BCUT2D eigenvalue weighted by atomic mass is 32.2. The molecule has 0 aliphatic heterocycles. The third kappa shape index (κ3) is 6.09. The predicted octanol–water partition coefficient (Wildman–Crippen LogP) is 3.67. The number of anilines is 4. The molecule has 0 bridgehead atoms. The first-order chi connectivity index (χ1) is 18.7. The molecule has 206 valence electrons. The van der Waals surface area contributed by atoms with Crippen molar-refractivity contribution in [1.82, 2.24) is 20.1 Å². The summed E-state index contributed by atoms with van der Waals surface area (Å²) in [6.07, 6.45) is 9.09. The van der Waals surface area contributed by atoms with Gasteiger partial charge in [0.2, 0.25) is 21.9 Å². The van der Waals surface area contributed by atoms with Gasteiger partial charge in [0.15, 0.2) is 0 Å². The van der Waals surface area contributed by atoms with Gasteiger partial charge in [-0.25, -0.2) is 8.42 Å². The standard InChI is InChI=1S/C26H31N7O4S2/c1-39(36,37)32-18-4-2-3-17(11-18)29-26-31-28-14-33(26)19-9-10-21-20(12-19)22(24(35)27-13-15-5-6-15)25(38-21)30-23(34)16-7-8-16/h2-4,11,14-16,19,32H,5-10,12-13H2,1H3,(H,27,35)(H,29,31)(H,30,34)/t19-/m0/s1. The number of carbonyl (C=O) groups is 2. The number of benzene rings is 1. The average molecular weight is 570 g/mol. The van der Waals surface area contributed by atoms with E-state index in [1.54, 1.807) is 24.5 Å². The number of thiophene rings is 1. The third-order valence-corrected chi connectivity index (χ3v) is 9.10. The molecule has 3 aromatic rings. The Bertz CT molecular complexity index is 1520.